The number of fused-ring (bicyclic) bond motifs is 1. The minimum absolute atomic E-state index is 0.869. The number of nitrogen functional groups attached to an aromatic ring is 1. The number of hydrogen-bond acceptors (Lipinski definition) is 3. The Morgan fingerprint density at radius 3 is 3.00 bits per heavy atom. The van der Waals surface area contributed by atoms with Gasteiger partial charge in [-0.1, -0.05) is 19.4 Å². The molecule has 74 valence electrons. The third-order valence-corrected chi connectivity index (χ3v) is 3.40. The second-order valence-electron chi connectivity index (χ2n) is 3.55. The van der Waals surface area contributed by atoms with Crippen molar-refractivity contribution in [2.75, 3.05) is 5.73 Å². The summed E-state index contributed by atoms with van der Waals surface area (Å²) in [6.45, 7) is 4.29. The van der Waals surface area contributed by atoms with Crippen LogP contribution in [0.4, 0.5) is 5.69 Å². The molecule has 0 atom stereocenters. The van der Waals surface area contributed by atoms with Gasteiger partial charge < -0.3 is 5.73 Å². The summed E-state index contributed by atoms with van der Waals surface area (Å²) in [5.41, 5.74) is 12.3. The van der Waals surface area contributed by atoms with Crippen molar-refractivity contribution >= 4 is 27.2 Å². The Kier molecular flexibility index (Phi) is 2.42. The second-order valence-corrected chi connectivity index (χ2v) is 4.40. The maximum Gasteiger partial charge on any atom is 0.105 e. The number of thiazole rings is 1. The molecule has 0 spiro atoms. The molecule has 0 aliphatic carbocycles. The summed E-state index contributed by atoms with van der Waals surface area (Å²) in [5, 5.41) is 0. The molecular weight excluding hydrogens is 192 g/mol. The van der Waals surface area contributed by atoms with Crippen LogP contribution in [0.2, 0.25) is 0 Å². The number of nitrogens with zero attached hydrogens (tertiary/aromatic N) is 1. The maximum atomic E-state index is 6.06. The molecule has 0 aliphatic heterocycles. The molecule has 1 aromatic carbocycles. The molecule has 2 rings (SSSR count). The van der Waals surface area contributed by atoms with Crippen LogP contribution >= 0.6 is 11.3 Å². The Labute approximate surface area is 87.8 Å². The highest BCUT2D eigenvalue weighted by atomic mass is 32.1. The van der Waals surface area contributed by atoms with Crippen molar-refractivity contribution in [3.05, 3.63) is 22.7 Å². The van der Waals surface area contributed by atoms with Crippen LogP contribution in [0.1, 0.15) is 24.5 Å². The molecule has 0 fully saturated rings. The number of anilines is 1. The Bertz CT molecular complexity index is 460. The number of nitrogens with two attached hydrogens (primary N) is 1. The van der Waals surface area contributed by atoms with E-state index in [-0.39, 0.29) is 0 Å². The summed E-state index contributed by atoms with van der Waals surface area (Å²) in [5.74, 6) is 0. The van der Waals surface area contributed by atoms with E-state index in [4.69, 9.17) is 5.73 Å². The van der Waals surface area contributed by atoms with Gasteiger partial charge >= 0.3 is 0 Å². The molecule has 1 heterocycles. The van der Waals surface area contributed by atoms with Crippen LogP contribution in [0.3, 0.4) is 0 Å². The fourth-order valence-electron chi connectivity index (χ4n) is 1.75. The zero-order chi connectivity index (χ0) is 10.1. The molecule has 2 N–H and O–H groups in total. The van der Waals surface area contributed by atoms with Gasteiger partial charge in [0.1, 0.15) is 5.52 Å². The van der Waals surface area contributed by atoms with Crippen LogP contribution in [0.25, 0.3) is 10.2 Å². The summed E-state index contributed by atoms with van der Waals surface area (Å²) < 4.78 is 1.22. The zero-order valence-electron chi connectivity index (χ0n) is 8.50. The van der Waals surface area contributed by atoms with Crippen molar-refractivity contribution in [1.82, 2.24) is 4.98 Å². The monoisotopic (exact) mass is 206 g/mol. The summed E-state index contributed by atoms with van der Waals surface area (Å²) in [7, 11) is 0. The molecule has 0 saturated carbocycles. The molecule has 0 amide bonds. The van der Waals surface area contributed by atoms with Crippen LogP contribution < -0.4 is 5.73 Å². The predicted molar refractivity (Wildman–Crippen MR) is 62.8 cm³/mol. The second kappa shape index (κ2) is 3.58. The van der Waals surface area contributed by atoms with Crippen LogP contribution in [-0.2, 0) is 6.42 Å². The molecule has 14 heavy (non-hydrogen) atoms. The average Bonchev–Trinajstić information content (AvgIpc) is 2.63. The van der Waals surface area contributed by atoms with Gasteiger partial charge in [0.15, 0.2) is 0 Å². The van der Waals surface area contributed by atoms with E-state index in [0.29, 0.717) is 0 Å². The standard InChI is InChI=1S/C11H14N2S/c1-3-4-8-5-7(2)11-10(9(8)12)13-6-14-11/h5-6H,3-4,12H2,1-2H3. The maximum absolute atomic E-state index is 6.06. The highest BCUT2D eigenvalue weighted by molar-refractivity contribution is 7.17. The highest BCUT2D eigenvalue weighted by Crippen LogP contribution is 2.30. The number of aromatic nitrogens is 1. The van der Waals surface area contributed by atoms with Crippen LogP contribution in [0.5, 0.6) is 0 Å². The third kappa shape index (κ3) is 1.38. The number of hydrogen-bond donors (Lipinski definition) is 1. The SMILES string of the molecule is CCCc1cc(C)c2scnc2c1N. The van der Waals surface area contributed by atoms with Crippen LogP contribution in [0, 0.1) is 6.92 Å². The Hall–Kier alpha value is -1.09. The van der Waals surface area contributed by atoms with Crippen molar-refractivity contribution in [2.45, 2.75) is 26.7 Å². The topological polar surface area (TPSA) is 38.9 Å². The normalized spacial score (nSPS) is 11.0. The molecule has 3 heteroatoms. The van der Waals surface area contributed by atoms with E-state index in [2.05, 4.69) is 24.9 Å². The molecule has 0 saturated heterocycles. The molecule has 1 aromatic heterocycles. The van der Waals surface area contributed by atoms with E-state index in [0.717, 1.165) is 24.0 Å². The summed E-state index contributed by atoms with van der Waals surface area (Å²) >= 11 is 1.66. The fourth-order valence-corrected chi connectivity index (χ4v) is 2.53. The van der Waals surface area contributed by atoms with Crippen molar-refractivity contribution < 1.29 is 0 Å². The quantitative estimate of drug-likeness (QED) is 0.767. The molecule has 2 nitrogen and oxygen atoms in total. The van der Waals surface area contributed by atoms with Gasteiger partial charge in [-0.15, -0.1) is 11.3 Å². The minimum Gasteiger partial charge on any atom is -0.397 e. The third-order valence-electron chi connectivity index (χ3n) is 2.44. The first kappa shape index (κ1) is 9.46. The highest BCUT2D eigenvalue weighted by Gasteiger charge is 2.08. The van der Waals surface area contributed by atoms with Crippen molar-refractivity contribution in [3.8, 4) is 0 Å². The van der Waals surface area contributed by atoms with Crippen molar-refractivity contribution in [2.24, 2.45) is 0 Å². The smallest absolute Gasteiger partial charge is 0.105 e. The van der Waals surface area contributed by atoms with E-state index in [9.17, 15) is 0 Å². The van der Waals surface area contributed by atoms with Crippen molar-refractivity contribution in [3.63, 3.8) is 0 Å². The van der Waals surface area contributed by atoms with E-state index in [1.807, 2.05) is 5.51 Å². The van der Waals surface area contributed by atoms with Gasteiger partial charge in [0.2, 0.25) is 0 Å². The van der Waals surface area contributed by atoms with E-state index in [1.54, 1.807) is 11.3 Å². The first-order chi connectivity index (χ1) is 6.74. The summed E-state index contributed by atoms with van der Waals surface area (Å²) in [6, 6.07) is 2.19. The molecule has 0 unspecified atom stereocenters. The summed E-state index contributed by atoms with van der Waals surface area (Å²) in [4.78, 5) is 4.32. The molecule has 2 aromatic rings. The lowest BCUT2D eigenvalue weighted by molar-refractivity contribution is 0.924. The van der Waals surface area contributed by atoms with E-state index >= 15 is 0 Å². The van der Waals surface area contributed by atoms with Gasteiger partial charge in [0.05, 0.1) is 15.9 Å². The van der Waals surface area contributed by atoms with E-state index < -0.39 is 0 Å². The summed E-state index contributed by atoms with van der Waals surface area (Å²) in [6.07, 6.45) is 2.17. The predicted octanol–water partition coefficient (Wildman–Crippen LogP) is 3.14. The van der Waals surface area contributed by atoms with E-state index in [1.165, 1.54) is 15.8 Å². The first-order valence-corrected chi connectivity index (χ1v) is 5.73. The van der Waals surface area contributed by atoms with Gasteiger partial charge in [-0.25, -0.2) is 4.98 Å². The van der Waals surface area contributed by atoms with Crippen LogP contribution in [-0.4, -0.2) is 4.98 Å². The lowest BCUT2D eigenvalue weighted by Gasteiger charge is -2.06. The number of rotatable bonds is 2. The first-order valence-electron chi connectivity index (χ1n) is 4.85. The fraction of sp³-hybridized carbons (Fsp3) is 0.364. The minimum atomic E-state index is 0.869. The molecular formula is C11H14N2S. The van der Waals surface area contributed by atoms with Crippen LogP contribution in [0.15, 0.2) is 11.6 Å². The van der Waals surface area contributed by atoms with Gasteiger partial charge in [-0.2, -0.15) is 0 Å². The van der Waals surface area contributed by atoms with Crippen molar-refractivity contribution in [1.29, 1.82) is 0 Å². The average molecular weight is 206 g/mol. The Morgan fingerprint density at radius 1 is 1.50 bits per heavy atom. The Morgan fingerprint density at radius 2 is 2.29 bits per heavy atom. The van der Waals surface area contributed by atoms with Gasteiger partial charge in [-0.3, -0.25) is 0 Å². The van der Waals surface area contributed by atoms with Gasteiger partial charge in [0, 0.05) is 0 Å². The molecule has 0 bridgehead atoms. The molecule has 0 aliphatic rings. The number of benzene rings is 1. The van der Waals surface area contributed by atoms with Gasteiger partial charge in [-0.05, 0) is 24.5 Å². The number of aryl methyl sites for hydroxylation is 2. The lowest BCUT2D eigenvalue weighted by atomic mass is 10.0. The molecule has 0 radical (unpaired) electrons. The lowest BCUT2D eigenvalue weighted by Crippen LogP contribution is -1.96. The van der Waals surface area contributed by atoms with Gasteiger partial charge in [0.25, 0.3) is 0 Å². The largest absolute Gasteiger partial charge is 0.397 e. The Balaban J connectivity index is 2.68. The zero-order valence-corrected chi connectivity index (χ0v) is 9.32.